The van der Waals surface area contributed by atoms with Gasteiger partial charge in [-0.1, -0.05) is 203 Å². The summed E-state index contributed by atoms with van der Waals surface area (Å²) in [6.07, 6.45) is 6.84. The van der Waals surface area contributed by atoms with Crippen LogP contribution in [0.15, 0.2) is 279 Å². The van der Waals surface area contributed by atoms with Gasteiger partial charge in [0.15, 0.2) is 47.4 Å². The molecule has 0 unspecified atom stereocenters. The molecule has 8 heterocycles. The molecule has 4 aliphatic heterocycles. The number of aromatic nitrogens is 4. The van der Waals surface area contributed by atoms with Crippen molar-refractivity contribution in [2.75, 3.05) is 53.3 Å². The number of fused-ring (bicyclic) bond motifs is 9. The number of hydrogen-bond donors (Lipinski definition) is 0. The highest BCUT2D eigenvalue weighted by Crippen LogP contribution is 2.52. The first kappa shape index (κ1) is 90.2. The van der Waals surface area contributed by atoms with E-state index >= 15 is 0 Å². The predicted molar refractivity (Wildman–Crippen MR) is 564 cm³/mol. The minimum absolute atomic E-state index is 0.0183. The second kappa shape index (κ2) is 35.7. The summed E-state index contributed by atoms with van der Waals surface area (Å²) >= 11 is 0. The lowest BCUT2D eigenvalue weighted by Crippen LogP contribution is -2.51. The Hall–Kier alpha value is -13.3. The van der Waals surface area contributed by atoms with Crippen molar-refractivity contribution in [3.05, 3.63) is 335 Å². The molecule has 676 valence electrons. The molecule has 133 heavy (non-hydrogen) atoms. The molecule has 0 saturated carbocycles. The third kappa shape index (κ3) is 16.2. The minimum atomic E-state index is 0.0183. The van der Waals surface area contributed by atoms with Crippen molar-refractivity contribution in [1.29, 1.82) is 0 Å². The predicted octanol–water partition coefficient (Wildman–Crippen LogP) is 27.6. The van der Waals surface area contributed by atoms with E-state index in [2.05, 4.69) is 510 Å². The monoisotopic (exact) mass is 1760 g/mol. The molecule has 4 atom stereocenters. The van der Waals surface area contributed by atoms with Crippen molar-refractivity contribution in [2.45, 2.75) is 200 Å². The van der Waals surface area contributed by atoms with Crippen LogP contribution >= 0.6 is 0 Å². The van der Waals surface area contributed by atoms with Crippen LogP contribution in [0.1, 0.15) is 152 Å². The van der Waals surface area contributed by atoms with Crippen LogP contribution in [0.3, 0.4) is 0 Å². The SMILES string of the molecule is Cc1c(-c2cc(CC(C)(C)C)cc(N3c4ccccc4N(C)[C@H]3C)[n+]2C)ccc2ccccc12.Cc1cc(-c2c(C)ccc3ccccc23)[n+](C)c(N2c3ccccc3N(C(C)C)[C@H]2C)c1C.Cc1cc(-c2cc3ccccc3cc2C)[n+](C)c(N2c3ccccc3N(C(C)(C)C)[C@H]2C)c1.Cc1ccc2ccccc2c1-c1cc2c(c(N3c4ccccc4N(C)[C@H]3C)[n+]1C)CCCC2. The van der Waals surface area contributed by atoms with E-state index in [1.807, 2.05) is 0 Å². The van der Waals surface area contributed by atoms with Crippen molar-refractivity contribution >= 4 is 112 Å². The molecule has 12 aromatic carbocycles. The molecule has 1 aliphatic carbocycles. The topological polar surface area (TPSA) is 41.4 Å². The minimum Gasteiger partial charge on any atom is -0.333 e. The maximum atomic E-state index is 2.57. The first-order chi connectivity index (χ1) is 63.7. The summed E-state index contributed by atoms with van der Waals surface area (Å²) in [5, 5.41) is 10.4. The Balaban J connectivity index is 0.000000119. The van der Waals surface area contributed by atoms with Crippen molar-refractivity contribution in [2.24, 2.45) is 33.6 Å². The van der Waals surface area contributed by atoms with Gasteiger partial charge in [-0.15, -0.1) is 0 Å². The van der Waals surface area contributed by atoms with E-state index in [4.69, 9.17) is 0 Å². The lowest BCUT2D eigenvalue weighted by Gasteiger charge is -2.37. The summed E-state index contributed by atoms with van der Waals surface area (Å²) in [5.74, 6) is 5.07. The molecule has 12 heteroatoms. The van der Waals surface area contributed by atoms with E-state index in [1.54, 1.807) is 0 Å². The summed E-state index contributed by atoms with van der Waals surface area (Å²) < 4.78 is 9.64. The second-order valence-corrected chi connectivity index (χ2v) is 40.7. The molecule has 0 amide bonds. The molecule has 5 aliphatic rings. The Morgan fingerprint density at radius 1 is 0.338 bits per heavy atom. The van der Waals surface area contributed by atoms with Crippen LogP contribution in [0.2, 0.25) is 0 Å². The van der Waals surface area contributed by atoms with E-state index < -0.39 is 0 Å². The Morgan fingerprint density at radius 3 is 1.33 bits per heavy atom. The summed E-state index contributed by atoms with van der Waals surface area (Å²) in [7, 11) is 13.3. The van der Waals surface area contributed by atoms with E-state index in [0.717, 1.165) is 12.8 Å². The standard InChI is InChI=1S/C31H36N3.C30H32N3.2C30H34N3/c1-21-25-13-9-8-12-24(25)16-17-26(21)29-18-23(20-31(3,4)5)19-30(33(29)7)34-22(2)32(6)27-14-10-11-15-28(27)34;1-20-17-18-22-11-5-7-13-24(22)29(20)28-19-23-12-6-8-14-25(23)30(32(28)4)33-21(2)31(3)26-15-9-10-16-27(26)33;1-20-16-28(25-19-24-13-9-8-12-23(24)18-21(25)2)31(7)29(17-20)32-22(3)33(30(4,5)6)27-15-11-10-14-26(27)32;1-19(2)32-23(6)33(27-15-11-10-14-26(27)32)30-22(5)21(4)18-28(31(30)7)29-20(3)16-17-24-12-8-9-13-25(24)29/h8-19,22H,20H2,1-7H3;5,7,9-11,13,15-19,21H,6,8,12,14H2,1-4H3;8-19,22H,1-7H3;8-19,23H,1-7H3/q4*+1/t22-;21-;22-;23-/m1101/s1. The van der Waals surface area contributed by atoms with Crippen molar-refractivity contribution in [3.63, 3.8) is 0 Å². The Morgan fingerprint density at radius 2 is 0.767 bits per heavy atom. The Labute approximate surface area is 791 Å². The van der Waals surface area contributed by atoms with Gasteiger partial charge in [-0.25, -0.2) is 37.9 Å². The highest BCUT2D eigenvalue weighted by Gasteiger charge is 2.49. The third-order valence-corrected chi connectivity index (χ3v) is 29.3. The number of anilines is 12. The van der Waals surface area contributed by atoms with Gasteiger partial charge < -0.3 is 19.6 Å². The van der Waals surface area contributed by atoms with Crippen LogP contribution in [0.25, 0.3) is 88.1 Å². The largest absolute Gasteiger partial charge is 0.333 e. The number of aryl methyl sites for hydroxylation is 7. The number of rotatable bonds is 10. The number of para-hydroxylation sites is 8. The highest BCUT2D eigenvalue weighted by molar-refractivity contribution is 6.00. The van der Waals surface area contributed by atoms with Crippen LogP contribution < -0.4 is 57.5 Å². The molecular weight excluding hydrogens is 1620 g/mol. The Bertz CT molecular complexity index is 7200. The van der Waals surface area contributed by atoms with Gasteiger partial charge in [0.1, 0.15) is 22.8 Å². The number of pyridine rings is 4. The molecule has 0 bridgehead atoms. The van der Waals surface area contributed by atoms with Gasteiger partial charge in [-0.05, 0) is 321 Å². The lowest BCUT2D eigenvalue weighted by molar-refractivity contribution is -0.648. The fourth-order valence-electron chi connectivity index (χ4n) is 22.7. The molecule has 0 N–H and O–H groups in total. The van der Waals surface area contributed by atoms with E-state index in [0.29, 0.717) is 6.04 Å². The van der Waals surface area contributed by atoms with Gasteiger partial charge in [-0.2, -0.15) is 0 Å². The zero-order valence-corrected chi connectivity index (χ0v) is 83.3. The molecule has 0 radical (unpaired) electrons. The molecule has 0 saturated heterocycles. The summed E-state index contributed by atoms with van der Waals surface area (Å²) in [4.78, 5) is 19.9. The number of hydrogen-bond acceptors (Lipinski definition) is 8. The maximum absolute atomic E-state index is 2.57. The van der Waals surface area contributed by atoms with Gasteiger partial charge in [0, 0.05) is 71.2 Å². The van der Waals surface area contributed by atoms with E-state index in [-0.39, 0.29) is 35.6 Å². The zero-order chi connectivity index (χ0) is 93.8. The molecule has 0 spiro atoms. The summed E-state index contributed by atoms with van der Waals surface area (Å²) in [6, 6.07) is 103. The quantitative estimate of drug-likeness (QED) is 0.126. The Kier molecular flexibility index (Phi) is 24.2. The van der Waals surface area contributed by atoms with Crippen LogP contribution in [0.5, 0.6) is 0 Å². The van der Waals surface area contributed by atoms with Gasteiger partial charge in [0.05, 0.1) is 50.9 Å². The normalized spacial score (nSPS) is 16.2. The molecule has 0 fully saturated rings. The first-order valence-electron chi connectivity index (χ1n) is 48.3. The average Bonchev–Trinajstić information content (AvgIpc) is 1.59. The van der Waals surface area contributed by atoms with Crippen LogP contribution in [0.4, 0.5) is 68.8 Å². The van der Waals surface area contributed by atoms with Crippen LogP contribution in [0, 0.1) is 53.9 Å². The number of benzene rings is 12. The molecule has 21 rings (SSSR count). The van der Waals surface area contributed by atoms with Gasteiger partial charge >= 0.3 is 0 Å². The van der Waals surface area contributed by atoms with E-state index in [9.17, 15) is 0 Å². The van der Waals surface area contributed by atoms with Crippen molar-refractivity contribution in [3.8, 4) is 45.0 Å². The average molecular weight is 1760 g/mol. The maximum Gasteiger partial charge on any atom is 0.287 e. The second-order valence-electron chi connectivity index (χ2n) is 40.7. The molecule has 12 nitrogen and oxygen atoms in total. The fourth-order valence-corrected chi connectivity index (χ4v) is 22.7. The summed E-state index contributed by atoms with van der Waals surface area (Å²) in [5.41, 5.74) is 34.5. The van der Waals surface area contributed by atoms with Gasteiger partial charge in [0.25, 0.3) is 23.3 Å². The van der Waals surface area contributed by atoms with Crippen molar-refractivity contribution < 1.29 is 18.3 Å². The lowest BCUT2D eigenvalue weighted by atomic mass is 9.87. The molecule has 4 aromatic heterocycles. The smallest absolute Gasteiger partial charge is 0.287 e. The first-order valence-corrected chi connectivity index (χ1v) is 48.3. The van der Waals surface area contributed by atoms with Crippen LogP contribution in [-0.2, 0) is 47.5 Å². The summed E-state index contributed by atoms with van der Waals surface area (Å²) in [6.45, 7) is 43.3. The zero-order valence-electron chi connectivity index (χ0n) is 83.3. The van der Waals surface area contributed by atoms with Gasteiger partial charge in [-0.3, -0.25) is 0 Å². The van der Waals surface area contributed by atoms with Crippen LogP contribution in [-0.4, -0.2) is 50.3 Å². The van der Waals surface area contributed by atoms with Crippen molar-refractivity contribution in [1.82, 2.24) is 0 Å². The number of nitrogens with zero attached hydrogens (tertiary/aromatic N) is 12. The van der Waals surface area contributed by atoms with Gasteiger partial charge in [0.2, 0.25) is 0 Å². The highest BCUT2D eigenvalue weighted by atomic mass is 15.5. The molecular formula is C121H136N12+4. The third-order valence-electron chi connectivity index (χ3n) is 29.3. The molecule has 16 aromatic rings. The fraction of sp³-hybridized carbons (Fsp3) is 0.306. The van der Waals surface area contributed by atoms with E-state index in [1.165, 1.54) is 232 Å².